The number of fused-ring (bicyclic) bond motifs is 5. The van der Waals surface area contributed by atoms with Gasteiger partial charge in [-0.1, -0.05) is 84.1 Å². The van der Waals surface area contributed by atoms with Gasteiger partial charge in [-0.25, -0.2) is 9.79 Å². The molecule has 9 atom stereocenters. The molecular weight excluding hydrogens is 725 g/mol. The second kappa shape index (κ2) is 20.9. The van der Waals surface area contributed by atoms with E-state index in [9.17, 15) is 9.59 Å². The van der Waals surface area contributed by atoms with E-state index in [1.807, 2.05) is 12.1 Å². The Bertz CT molecular complexity index is 1630. The maximum absolute atomic E-state index is 13.3. The van der Waals surface area contributed by atoms with Gasteiger partial charge in [0.15, 0.2) is 11.9 Å². The van der Waals surface area contributed by atoms with Gasteiger partial charge >= 0.3 is 5.97 Å². The zero-order chi connectivity index (χ0) is 41.9. The highest BCUT2D eigenvalue weighted by molar-refractivity contribution is 5.91. The molecular formula is C47H76N8O3. The molecule has 0 aromatic heterocycles. The third-order valence-corrected chi connectivity index (χ3v) is 14.6. The number of aliphatic imine (C=N–C) groups is 3. The quantitative estimate of drug-likeness (QED) is 0.0311. The van der Waals surface area contributed by atoms with Gasteiger partial charge in [-0.05, 0) is 135 Å². The van der Waals surface area contributed by atoms with E-state index in [2.05, 4.69) is 61.0 Å². The molecule has 0 radical (unpaired) electrons. The Morgan fingerprint density at radius 2 is 1.62 bits per heavy atom. The summed E-state index contributed by atoms with van der Waals surface area (Å²) in [5, 5.41) is 2.85. The van der Waals surface area contributed by atoms with Gasteiger partial charge in [0.1, 0.15) is 12.1 Å². The number of guanidine groups is 2. The molecule has 9 N–H and O–H groups in total. The number of rotatable bonds is 19. The molecule has 0 bridgehead atoms. The molecule has 1 aromatic rings. The van der Waals surface area contributed by atoms with Crippen LogP contribution in [0.25, 0.3) is 0 Å². The van der Waals surface area contributed by atoms with Crippen LogP contribution in [0.4, 0.5) is 0 Å². The topological polar surface area (TPSA) is 197 Å². The molecule has 4 aliphatic rings. The molecule has 11 heteroatoms. The minimum absolute atomic E-state index is 0.0420. The summed E-state index contributed by atoms with van der Waals surface area (Å²) in [7, 11) is 0. The lowest BCUT2D eigenvalue weighted by atomic mass is 9.44. The first kappa shape index (κ1) is 45.2. The molecule has 11 nitrogen and oxygen atoms in total. The largest absolute Gasteiger partial charge is 0.458 e. The van der Waals surface area contributed by atoms with Crippen molar-refractivity contribution in [3.05, 3.63) is 47.0 Å². The van der Waals surface area contributed by atoms with Gasteiger partial charge in [0.05, 0.1) is 12.1 Å². The number of carbonyl (C=O) groups excluding carboxylic acids is 2. The zero-order valence-electron chi connectivity index (χ0n) is 36.4. The fourth-order valence-electron chi connectivity index (χ4n) is 11.3. The van der Waals surface area contributed by atoms with Crippen LogP contribution in [-0.2, 0) is 9.53 Å². The molecule has 4 aliphatic carbocycles. The van der Waals surface area contributed by atoms with Crippen molar-refractivity contribution >= 4 is 30.0 Å². The van der Waals surface area contributed by atoms with Crippen molar-refractivity contribution in [2.75, 3.05) is 19.6 Å². The van der Waals surface area contributed by atoms with Crippen molar-refractivity contribution in [2.24, 2.45) is 84.2 Å². The molecule has 0 saturated heterocycles. The van der Waals surface area contributed by atoms with Gasteiger partial charge in [-0.3, -0.25) is 14.8 Å². The van der Waals surface area contributed by atoms with Crippen LogP contribution in [0.15, 0.2) is 50.9 Å². The van der Waals surface area contributed by atoms with E-state index in [0.717, 1.165) is 60.3 Å². The Morgan fingerprint density at radius 1 is 0.879 bits per heavy atom. The summed E-state index contributed by atoms with van der Waals surface area (Å²) in [4.78, 5) is 38.5. The van der Waals surface area contributed by atoms with Crippen molar-refractivity contribution in [1.82, 2.24) is 5.32 Å². The van der Waals surface area contributed by atoms with Gasteiger partial charge in [-0.2, -0.15) is 0 Å². The third kappa shape index (κ3) is 12.1. The first-order chi connectivity index (χ1) is 27.7. The first-order valence-corrected chi connectivity index (χ1v) is 22.6. The second-order valence-corrected chi connectivity index (χ2v) is 19.2. The van der Waals surface area contributed by atoms with Crippen LogP contribution in [0.1, 0.15) is 153 Å². The van der Waals surface area contributed by atoms with Crippen LogP contribution in [0, 0.1) is 46.3 Å². The van der Waals surface area contributed by atoms with Crippen LogP contribution in [0.5, 0.6) is 0 Å². The van der Waals surface area contributed by atoms with Crippen LogP contribution >= 0.6 is 0 Å². The highest BCUT2D eigenvalue weighted by Crippen LogP contribution is 2.65. The Balaban J connectivity index is 1.06. The first-order valence-electron chi connectivity index (χ1n) is 22.6. The second-order valence-electron chi connectivity index (χ2n) is 19.2. The molecule has 9 unspecified atom stereocenters. The maximum atomic E-state index is 13.3. The number of hydrogen-bond acceptors (Lipinski definition) is 6. The summed E-state index contributed by atoms with van der Waals surface area (Å²) in [5.74, 6) is 4.33. The Kier molecular flexibility index (Phi) is 16.3. The zero-order valence-corrected chi connectivity index (χ0v) is 36.4. The molecule has 1 amide bonds. The van der Waals surface area contributed by atoms with E-state index in [1.54, 1.807) is 23.9 Å². The lowest BCUT2D eigenvalue weighted by molar-refractivity contribution is -0.122. The van der Waals surface area contributed by atoms with Crippen molar-refractivity contribution in [2.45, 2.75) is 149 Å². The molecule has 5 rings (SSSR count). The normalized spacial score (nSPS) is 28.9. The lowest BCUT2D eigenvalue weighted by Gasteiger charge is -2.61. The van der Waals surface area contributed by atoms with E-state index >= 15 is 0 Å². The predicted molar refractivity (Wildman–Crippen MR) is 238 cm³/mol. The van der Waals surface area contributed by atoms with Gasteiger partial charge < -0.3 is 33.0 Å². The van der Waals surface area contributed by atoms with Crippen LogP contribution in [0.3, 0.4) is 0 Å². The molecule has 0 aliphatic heterocycles. The van der Waals surface area contributed by atoms with E-state index in [-0.39, 0.29) is 35.3 Å². The van der Waals surface area contributed by atoms with E-state index < -0.39 is 6.04 Å². The fraction of sp³-hybridized carbons (Fsp3) is 0.723. The monoisotopic (exact) mass is 801 g/mol. The number of nitrogens with one attached hydrogen (secondary N) is 1. The number of nitrogens with zero attached hydrogens (tertiary/aromatic N) is 3. The van der Waals surface area contributed by atoms with Crippen molar-refractivity contribution in [3.63, 3.8) is 0 Å². The molecule has 58 heavy (non-hydrogen) atoms. The lowest BCUT2D eigenvalue weighted by Crippen LogP contribution is -2.52. The number of ether oxygens (including phenoxy) is 1. The van der Waals surface area contributed by atoms with Crippen molar-refractivity contribution in [1.29, 1.82) is 0 Å². The van der Waals surface area contributed by atoms with Crippen molar-refractivity contribution < 1.29 is 14.3 Å². The standard InChI is InChI=1S/C47H76N8O3/c1-31(2)10-6-7-11-32(3)35-17-20-39-38-19-18-36-28-37(21-24-47(36,5)40(38)22-23-46(39,4)29-35)58-43(57)34-15-13-33(14-16-34)30-52-26-27-53-42(56)41(55-45(50)51)12-8-9-25-54-44(48)49/h13-16,18,30-32,35,37-41H,6-12,17,19-29H2,1-5H3,(H,53,56)(H4,48,49,54)(H4,50,51,55). The molecule has 1 aromatic carbocycles. The number of amides is 1. The summed E-state index contributed by atoms with van der Waals surface area (Å²) < 4.78 is 6.16. The maximum Gasteiger partial charge on any atom is 0.338 e. The summed E-state index contributed by atoms with van der Waals surface area (Å²) in [6.45, 7) is 13.6. The number of carbonyl (C=O) groups is 2. The highest BCUT2D eigenvalue weighted by atomic mass is 16.5. The number of esters is 1. The number of benzene rings is 1. The number of nitrogens with two attached hydrogens (primary N) is 4. The Morgan fingerprint density at radius 3 is 2.34 bits per heavy atom. The number of hydrogen-bond donors (Lipinski definition) is 5. The van der Waals surface area contributed by atoms with Gasteiger partial charge in [0, 0.05) is 25.7 Å². The van der Waals surface area contributed by atoms with E-state index in [4.69, 9.17) is 27.7 Å². The summed E-state index contributed by atoms with van der Waals surface area (Å²) in [5.41, 5.74) is 25.5. The molecule has 322 valence electrons. The average Bonchev–Trinajstić information content (AvgIpc) is 3.18. The van der Waals surface area contributed by atoms with Crippen LogP contribution in [0.2, 0.25) is 0 Å². The number of allylic oxidation sites excluding steroid dienone is 1. The summed E-state index contributed by atoms with van der Waals surface area (Å²) >= 11 is 0. The minimum atomic E-state index is -0.688. The summed E-state index contributed by atoms with van der Waals surface area (Å²) in [6.07, 6.45) is 22.7. The molecule has 3 saturated carbocycles. The van der Waals surface area contributed by atoms with E-state index in [1.165, 1.54) is 64.2 Å². The fourth-order valence-corrected chi connectivity index (χ4v) is 11.3. The highest BCUT2D eigenvalue weighted by Gasteiger charge is 2.56. The van der Waals surface area contributed by atoms with Gasteiger partial charge in [0.25, 0.3) is 0 Å². The van der Waals surface area contributed by atoms with Crippen molar-refractivity contribution in [3.8, 4) is 0 Å². The molecule has 0 heterocycles. The predicted octanol–water partition coefficient (Wildman–Crippen LogP) is 7.65. The van der Waals surface area contributed by atoms with Crippen LogP contribution in [-0.4, -0.2) is 61.8 Å². The Labute approximate surface area is 349 Å². The van der Waals surface area contributed by atoms with Crippen LogP contribution < -0.4 is 28.3 Å². The molecule has 0 spiro atoms. The van der Waals surface area contributed by atoms with Gasteiger partial charge in [0.2, 0.25) is 5.91 Å². The summed E-state index contributed by atoms with van der Waals surface area (Å²) in [6, 6.07) is 6.66. The molecule has 3 fully saturated rings. The number of unbranched alkanes of at least 4 members (excludes halogenated alkanes) is 2. The third-order valence-electron chi connectivity index (χ3n) is 14.6. The van der Waals surface area contributed by atoms with Gasteiger partial charge in [-0.15, -0.1) is 0 Å². The SMILES string of the molecule is CC(C)CCCCC(C)C1CCC2C3CC=C4CC(OC(=O)c5ccc(C=NCCNC(=O)C(CCCCN=C(N)N)N=C(N)N)cc5)CCC4(C)C3CCC2(C)C1. The van der Waals surface area contributed by atoms with E-state index in [0.29, 0.717) is 49.9 Å². The average molecular weight is 801 g/mol. The smallest absolute Gasteiger partial charge is 0.338 e. The Hall–Kier alpha value is -3.89. The minimum Gasteiger partial charge on any atom is -0.458 e.